The molecule has 0 fully saturated rings. The fraction of sp³-hybridized carbons (Fsp3) is 0.500. The molecule has 0 amide bonds. The standard InChI is InChI=1S/C14H22N6S/c1-3-12-10-17-13(21-12)11-18-14(15-2)16-6-4-8-20-9-5-7-19-20/h5,7,9-10H,3-4,6,8,11H2,1-2H3,(H2,15,16,18). The van der Waals surface area contributed by atoms with Gasteiger partial charge in [-0.1, -0.05) is 6.92 Å². The van der Waals surface area contributed by atoms with E-state index in [0.29, 0.717) is 6.54 Å². The predicted octanol–water partition coefficient (Wildman–Crippen LogP) is 1.66. The average molecular weight is 306 g/mol. The van der Waals surface area contributed by atoms with Gasteiger partial charge in [-0.15, -0.1) is 11.3 Å². The summed E-state index contributed by atoms with van der Waals surface area (Å²) in [7, 11) is 1.78. The van der Waals surface area contributed by atoms with Gasteiger partial charge in [-0.2, -0.15) is 5.10 Å². The molecule has 0 aliphatic carbocycles. The first kappa shape index (κ1) is 15.5. The van der Waals surface area contributed by atoms with E-state index in [0.717, 1.165) is 36.9 Å². The van der Waals surface area contributed by atoms with Gasteiger partial charge in [-0.25, -0.2) is 4.98 Å². The second-order valence-electron chi connectivity index (χ2n) is 4.55. The molecule has 0 saturated carbocycles. The lowest BCUT2D eigenvalue weighted by molar-refractivity contribution is 0.570. The zero-order chi connectivity index (χ0) is 14.9. The van der Waals surface area contributed by atoms with Crippen molar-refractivity contribution >= 4 is 17.3 Å². The van der Waals surface area contributed by atoms with E-state index in [2.05, 4.69) is 32.6 Å². The highest BCUT2D eigenvalue weighted by atomic mass is 32.1. The highest BCUT2D eigenvalue weighted by Crippen LogP contribution is 2.12. The van der Waals surface area contributed by atoms with Crippen LogP contribution in [0.2, 0.25) is 0 Å². The van der Waals surface area contributed by atoms with Crippen LogP contribution in [0, 0.1) is 0 Å². The van der Waals surface area contributed by atoms with E-state index in [4.69, 9.17) is 0 Å². The maximum atomic E-state index is 4.39. The molecule has 2 aromatic rings. The molecule has 2 heterocycles. The van der Waals surface area contributed by atoms with Crippen molar-refractivity contribution in [3.05, 3.63) is 34.5 Å². The summed E-state index contributed by atoms with van der Waals surface area (Å²) >= 11 is 1.74. The lowest BCUT2D eigenvalue weighted by atomic mass is 10.4. The SMILES string of the molecule is CCc1cnc(CNC(=NC)NCCCn2cccn2)s1. The van der Waals surface area contributed by atoms with Gasteiger partial charge in [0, 0.05) is 43.6 Å². The minimum Gasteiger partial charge on any atom is -0.356 e. The second-order valence-corrected chi connectivity index (χ2v) is 5.75. The number of rotatable bonds is 7. The van der Waals surface area contributed by atoms with Gasteiger partial charge in [0.25, 0.3) is 0 Å². The summed E-state index contributed by atoms with van der Waals surface area (Å²) in [6.45, 7) is 4.62. The molecule has 0 atom stereocenters. The lowest BCUT2D eigenvalue weighted by Crippen LogP contribution is -2.37. The Morgan fingerprint density at radius 2 is 2.33 bits per heavy atom. The zero-order valence-corrected chi connectivity index (χ0v) is 13.4. The molecule has 0 aromatic carbocycles. The Balaban J connectivity index is 1.66. The van der Waals surface area contributed by atoms with Crippen molar-refractivity contribution in [3.63, 3.8) is 0 Å². The van der Waals surface area contributed by atoms with Crippen LogP contribution in [0.25, 0.3) is 0 Å². The number of guanidine groups is 1. The maximum Gasteiger partial charge on any atom is 0.191 e. The molecule has 114 valence electrons. The molecule has 0 aliphatic heterocycles. The summed E-state index contributed by atoms with van der Waals surface area (Å²) in [6, 6.07) is 1.94. The number of hydrogen-bond donors (Lipinski definition) is 2. The molecule has 0 bridgehead atoms. The summed E-state index contributed by atoms with van der Waals surface area (Å²) in [6.07, 6.45) is 7.76. The summed E-state index contributed by atoms with van der Waals surface area (Å²) in [5.41, 5.74) is 0. The summed E-state index contributed by atoms with van der Waals surface area (Å²) in [4.78, 5) is 9.91. The third-order valence-corrected chi connectivity index (χ3v) is 4.14. The van der Waals surface area contributed by atoms with Crippen LogP contribution in [0.5, 0.6) is 0 Å². The Hall–Kier alpha value is -1.89. The first-order valence-corrected chi connectivity index (χ1v) is 7.99. The topological polar surface area (TPSA) is 67.1 Å². The molecule has 7 heteroatoms. The van der Waals surface area contributed by atoms with Crippen molar-refractivity contribution in [1.82, 2.24) is 25.4 Å². The third-order valence-electron chi connectivity index (χ3n) is 3.00. The van der Waals surface area contributed by atoms with Gasteiger partial charge >= 0.3 is 0 Å². The van der Waals surface area contributed by atoms with Crippen molar-refractivity contribution in [2.75, 3.05) is 13.6 Å². The summed E-state index contributed by atoms with van der Waals surface area (Å²) in [5.74, 6) is 0.809. The number of nitrogens with one attached hydrogen (secondary N) is 2. The lowest BCUT2D eigenvalue weighted by Gasteiger charge is -2.10. The third kappa shape index (κ3) is 5.18. The Morgan fingerprint density at radius 1 is 1.43 bits per heavy atom. The molecule has 0 unspecified atom stereocenters. The number of aromatic nitrogens is 3. The normalized spacial score (nSPS) is 11.6. The quantitative estimate of drug-likeness (QED) is 0.464. The largest absolute Gasteiger partial charge is 0.356 e. The molecule has 21 heavy (non-hydrogen) atoms. The van der Waals surface area contributed by atoms with Gasteiger partial charge in [0.05, 0.1) is 6.54 Å². The van der Waals surface area contributed by atoms with E-state index < -0.39 is 0 Å². The van der Waals surface area contributed by atoms with Crippen molar-refractivity contribution < 1.29 is 0 Å². The van der Waals surface area contributed by atoms with E-state index in [1.165, 1.54) is 4.88 Å². The highest BCUT2D eigenvalue weighted by molar-refractivity contribution is 7.11. The molecular formula is C14H22N6S. The Labute approximate surface area is 129 Å². The predicted molar refractivity (Wildman–Crippen MR) is 86.5 cm³/mol. The van der Waals surface area contributed by atoms with Crippen LogP contribution in [0.1, 0.15) is 23.2 Å². The van der Waals surface area contributed by atoms with E-state index in [1.807, 2.05) is 23.1 Å². The van der Waals surface area contributed by atoms with Crippen LogP contribution in [0.15, 0.2) is 29.6 Å². The molecule has 2 rings (SSSR count). The van der Waals surface area contributed by atoms with E-state index in [-0.39, 0.29) is 0 Å². The molecule has 2 N–H and O–H groups in total. The average Bonchev–Trinajstić information content (AvgIpc) is 3.17. The number of nitrogens with zero attached hydrogens (tertiary/aromatic N) is 4. The molecular weight excluding hydrogens is 284 g/mol. The highest BCUT2D eigenvalue weighted by Gasteiger charge is 2.02. The van der Waals surface area contributed by atoms with Crippen LogP contribution in [-0.4, -0.2) is 34.3 Å². The summed E-state index contributed by atoms with van der Waals surface area (Å²) in [5, 5.41) is 11.8. The van der Waals surface area contributed by atoms with Crippen LogP contribution >= 0.6 is 11.3 Å². The molecule has 0 spiro atoms. The molecule has 2 aromatic heterocycles. The zero-order valence-electron chi connectivity index (χ0n) is 12.5. The van der Waals surface area contributed by atoms with Crippen LogP contribution in [0.4, 0.5) is 0 Å². The van der Waals surface area contributed by atoms with Gasteiger partial charge in [-0.3, -0.25) is 9.67 Å². The van der Waals surface area contributed by atoms with Gasteiger partial charge in [0.15, 0.2) is 5.96 Å². The van der Waals surface area contributed by atoms with Crippen LogP contribution < -0.4 is 10.6 Å². The minimum absolute atomic E-state index is 0.712. The maximum absolute atomic E-state index is 4.39. The summed E-state index contributed by atoms with van der Waals surface area (Å²) < 4.78 is 1.93. The fourth-order valence-electron chi connectivity index (χ4n) is 1.85. The minimum atomic E-state index is 0.712. The van der Waals surface area contributed by atoms with E-state index in [9.17, 15) is 0 Å². The second kappa shape index (κ2) is 8.41. The Kier molecular flexibility index (Phi) is 6.21. The number of aliphatic imine (C=N–C) groups is 1. The van der Waals surface area contributed by atoms with Crippen molar-refractivity contribution in [2.45, 2.75) is 32.9 Å². The Morgan fingerprint density at radius 3 is 3.00 bits per heavy atom. The van der Waals surface area contributed by atoms with Gasteiger partial charge in [0.1, 0.15) is 5.01 Å². The van der Waals surface area contributed by atoms with E-state index in [1.54, 1.807) is 24.6 Å². The molecule has 0 saturated heterocycles. The monoisotopic (exact) mass is 306 g/mol. The molecule has 0 aliphatic rings. The van der Waals surface area contributed by atoms with Crippen LogP contribution in [-0.2, 0) is 19.5 Å². The smallest absolute Gasteiger partial charge is 0.191 e. The number of thiazole rings is 1. The van der Waals surface area contributed by atoms with Crippen molar-refractivity contribution in [3.8, 4) is 0 Å². The van der Waals surface area contributed by atoms with Gasteiger partial charge < -0.3 is 10.6 Å². The van der Waals surface area contributed by atoms with Crippen LogP contribution in [0.3, 0.4) is 0 Å². The number of hydrogen-bond acceptors (Lipinski definition) is 4. The molecule has 0 radical (unpaired) electrons. The van der Waals surface area contributed by atoms with Crippen molar-refractivity contribution in [2.24, 2.45) is 4.99 Å². The fourth-order valence-corrected chi connectivity index (χ4v) is 2.66. The van der Waals surface area contributed by atoms with Gasteiger partial charge in [0.2, 0.25) is 0 Å². The van der Waals surface area contributed by atoms with E-state index >= 15 is 0 Å². The van der Waals surface area contributed by atoms with Crippen molar-refractivity contribution in [1.29, 1.82) is 0 Å². The van der Waals surface area contributed by atoms with Gasteiger partial charge in [-0.05, 0) is 18.9 Å². The molecule has 6 nitrogen and oxygen atoms in total. The first-order valence-electron chi connectivity index (χ1n) is 7.17. The first-order chi connectivity index (χ1) is 10.3. The Bertz CT molecular complexity index is 546. The number of aryl methyl sites for hydroxylation is 2.